The van der Waals surface area contributed by atoms with Crippen molar-refractivity contribution >= 4 is 23.1 Å². The Morgan fingerprint density at radius 2 is 1.77 bits per heavy atom. The van der Waals surface area contributed by atoms with Crippen LogP contribution in [0.1, 0.15) is 36.0 Å². The zero-order chi connectivity index (χ0) is 30.8. The zero-order valence-corrected chi connectivity index (χ0v) is 24.4. The summed E-state index contributed by atoms with van der Waals surface area (Å²) >= 11 is 5.84. The highest BCUT2D eigenvalue weighted by atomic mass is 35.5. The van der Waals surface area contributed by atoms with Gasteiger partial charge in [0.2, 0.25) is 0 Å². The van der Waals surface area contributed by atoms with Crippen LogP contribution in [0.15, 0.2) is 72.3 Å². The molecule has 2 aliphatic rings. The maximum absolute atomic E-state index is 12.6. The monoisotopic (exact) mass is 618 g/mol. The number of aliphatic carboxylic acids is 1. The maximum Gasteiger partial charge on any atom is 0.416 e. The van der Waals surface area contributed by atoms with Crippen molar-refractivity contribution in [3.63, 3.8) is 0 Å². The molecule has 3 N–H and O–H groups in total. The molecule has 0 atom stereocenters. The van der Waals surface area contributed by atoms with Gasteiger partial charge in [-0.2, -0.15) is 13.2 Å². The summed E-state index contributed by atoms with van der Waals surface area (Å²) in [6.45, 7) is 2.25. The molecule has 1 heterocycles. The normalized spacial score (nSPS) is 14.9. The molecule has 1 saturated carbocycles. The Labute approximate surface area is 253 Å². The molecule has 43 heavy (non-hydrogen) atoms. The zero-order valence-electron chi connectivity index (χ0n) is 23.7. The minimum absolute atomic E-state index is 0.0901. The molecule has 0 bridgehead atoms. The van der Waals surface area contributed by atoms with E-state index in [2.05, 4.69) is 22.8 Å². The molecule has 7 nitrogen and oxygen atoms in total. The molecular weight excluding hydrogens is 585 g/mol. The van der Waals surface area contributed by atoms with Crippen molar-refractivity contribution < 1.29 is 37.3 Å². The summed E-state index contributed by atoms with van der Waals surface area (Å²) in [5.74, 6) is 0.710. The quantitative estimate of drug-likeness (QED) is 0.209. The summed E-state index contributed by atoms with van der Waals surface area (Å²) < 4.78 is 54.0. The fraction of sp³-hybridized carbons (Fsp3) is 0.344. The number of alkyl halides is 3. The van der Waals surface area contributed by atoms with Crippen molar-refractivity contribution in [2.24, 2.45) is 0 Å². The third-order valence-electron chi connectivity index (χ3n) is 6.85. The van der Waals surface area contributed by atoms with Crippen molar-refractivity contribution in [2.45, 2.75) is 38.0 Å². The highest BCUT2D eigenvalue weighted by Gasteiger charge is 2.31. The van der Waals surface area contributed by atoms with Crippen LogP contribution in [0, 0.1) is 0 Å². The molecule has 0 amide bonds. The van der Waals surface area contributed by atoms with Gasteiger partial charge in [0.25, 0.3) is 0 Å². The van der Waals surface area contributed by atoms with E-state index in [-0.39, 0.29) is 24.0 Å². The van der Waals surface area contributed by atoms with E-state index in [0.717, 1.165) is 41.6 Å². The van der Waals surface area contributed by atoms with Crippen molar-refractivity contribution in [3.05, 3.63) is 94.0 Å². The smallest absolute Gasteiger partial charge is 0.416 e. The van der Waals surface area contributed by atoms with Crippen molar-refractivity contribution in [1.29, 1.82) is 0 Å². The van der Waals surface area contributed by atoms with Crippen molar-refractivity contribution in [1.82, 2.24) is 10.6 Å². The third kappa shape index (κ3) is 9.91. The first-order valence-corrected chi connectivity index (χ1v) is 14.3. The molecule has 0 radical (unpaired) electrons. The van der Waals surface area contributed by atoms with Crippen molar-refractivity contribution in [2.75, 3.05) is 33.4 Å². The topological polar surface area (TPSA) is 89.1 Å². The molecular formula is C32H34ClF3N2O5. The summed E-state index contributed by atoms with van der Waals surface area (Å²) in [6.07, 6.45) is -1.16. The summed E-state index contributed by atoms with van der Waals surface area (Å²) in [4.78, 5) is 11.4. The first kappa shape index (κ1) is 32.2. The van der Waals surface area contributed by atoms with Crippen LogP contribution >= 0.6 is 11.6 Å². The number of benzene rings is 3. The average Bonchev–Trinajstić information content (AvgIpc) is 3.84. The van der Waals surface area contributed by atoms with Crippen LogP contribution in [0.25, 0.3) is 5.57 Å². The Morgan fingerprint density at radius 3 is 2.42 bits per heavy atom. The van der Waals surface area contributed by atoms with Gasteiger partial charge in [-0.3, -0.25) is 0 Å². The fourth-order valence-corrected chi connectivity index (χ4v) is 4.63. The Hall–Kier alpha value is -3.73. The lowest BCUT2D eigenvalue weighted by Crippen LogP contribution is -2.28. The van der Waals surface area contributed by atoms with Gasteiger partial charge < -0.3 is 30.0 Å². The number of rotatable bonds is 11. The molecule has 11 heteroatoms. The Kier molecular flexibility index (Phi) is 11.3. The molecule has 0 unspecified atom stereocenters. The van der Waals surface area contributed by atoms with E-state index in [0.29, 0.717) is 30.8 Å². The molecule has 230 valence electrons. The standard InChI is InChI=1S/C21H19ClF3NO4.C11H15NO/c22-18-11-14(21(23,24)25)3-6-19(18)30-10-9-29-15-4-1-13(2-5-15)16-7-8-26-12-17(16)20(27)28;1-13-11-4-2-3-9(7-11)8-12-10-5-6-10/h1-6,11,26H,7-10,12H2,(H,27,28);2-4,7,10,12H,5-6,8H2,1H3. The molecule has 3 aromatic rings. The van der Waals surface area contributed by atoms with Crippen LogP contribution in [0.3, 0.4) is 0 Å². The molecule has 1 aliphatic carbocycles. The summed E-state index contributed by atoms with van der Waals surface area (Å²) in [6, 6.07) is 18.9. The summed E-state index contributed by atoms with van der Waals surface area (Å²) in [7, 11) is 1.70. The average molecular weight is 619 g/mol. The van der Waals surface area contributed by atoms with Crippen LogP contribution < -0.4 is 24.8 Å². The van der Waals surface area contributed by atoms with E-state index in [1.54, 1.807) is 31.4 Å². The number of ether oxygens (including phenoxy) is 3. The lowest BCUT2D eigenvalue weighted by Gasteiger charge is -2.19. The predicted molar refractivity (Wildman–Crippen MR) is 159 cm³/mol. The second-order valence-corrected chi connectivity index (χ2v) is 10.5. The molecule has 5 rings (SSSR count). The number of hydrogen-bond donors (Lipinski definition) is 3. The Bertz CT molecular complexity index is 1410. The second kappa shape index (κ2) is 15.1. The van der Waals surface area contributed by atoms with E-state index in [1.807, 2.05) is 12.1 Å². The number of methoxy groups -OCH3 is 1. The van der Waals surface area contributed by atoms with Gasteiger partial charge in [-0.1, -0.05) is 35.9 Å². The van der Waals surface area contributed by atoms with E-state index in [4.69, 9.17) is 25.8 Å². The van der Waals surface area contributed by atoms with Crippen LogP contribution in [-0.2, 0) is 17.5 Å². The maximum atomic E-state index is 12.6. The van der Waals surface area contributed by atoms with Crippen molar-refractivity contribution in [3.8, 4) is 17.2 Å². The lowest BCUT2D eigenvalue weighted by atomic mass is 9.94. The van der Waals surface area contributed by atoms with E-state index in [1.165, 1.54) is 24.5 Å². The lowest BCUT2D eigenvalue weighted by molar-refractivity contribution is -0.137. The van der Waals surface area contributed by atoms with Gasteiger partial charge in [0.15, 0.2) is 0 Å². The van der Waals surface area contributed by atoms with Crippen LogP contribution in [0.4, 0.5) is 13.2 Å². The number of carboxylic acid groups (broad SMARTS) is 1. The Morgan fingerprint density at radius 1 is 1.02 bits per heavy atom. The van der Waals surface area contributed by atoms with Gasteiger partial charge in [0.05, 0.1) is 23.3 Å². The van der Waals surface area contributed by atoms with E-state index >= 15 is 0 Å². The highest BCUT2D eigenvalue weighted by molar-refractivity contribution is 6.32. The van der Waals surface area contributed by atoms with Crippen LogP contribution in [-0.4, -0.2) is 50.5 Å². The van der Waals surface area contributed by atoms with Gasteiger partial charge >= 0.3 is 12.1 Å². The highest BCUT2D eigenvalue weighted by Crippen LogP contribution is 2.34. The molecule has 0 aromatic heterocycles. The van der Waals surface area contributed by atoms with Gasteiger partial charge in [0, 0.05) is 19.1 Å². The second-order valence-electron chi connectivity index (χ2n) is 10.1. The summed E-state index contributed by atoms with van der Waals surface area (Å²) in [5, 5.41) is 15.7. The number of carboxylic acids is 1. The third-order valence-corrected chi connectivity index (χ3v) is 7.15. The molecule has 1 aliphatic heterocycles. The van der Waals surface area contributed by atoms with Crippen LogP contribution in [0.2, 0.25) is 5.02 Å². The largest absolute Gasteiger partial charge is 0.497 e. The van der Waals surface area contributed by atoms with Gasteiger partial charge in [-0.05, 0) is 85.0 Å². The Balaban J connectivity index is 0.000000269. The van der Waals surface area contributed by atoms with Gasteiger partial charge in [0.1, 0.15) is 30.5 Å². The minimum atomic E-state index is -4.47. The van der Waals surface area contributed by atoms with E-state index < -0.39 is 17.7 Å². The number of nitrogens with one attached hydrogen (secondary N) is 2. The first-order valence-electron chi connectivity index (χ1n) is 13.9. The summed E-state index contributed by atoms with van der Waals surface area (Å²) in [5.41, 5.74) is 2.44. The molecule has 1 fully saturated rings. The number of halogens is 4. The first-order chi connectivity index (χ1) is 20.6. The molecule has 3 aromatic carbocycles. The number of carbonyl (C=O) groups is 1. The fourth-order valence-electron chi connectivity index (χ4n) is 4.40. The van der Waals surface area contributed by atoms with E-state index in [9.17, 15) is 23.1 Å². The SMILES string of the molecule is COc1cccc(CNC2CC2)c1.O=C(O)C1=C(c2ccc(OCCOc3ccc(C(F)(F)F)cc3Cl)cc2)CCNC1. The van der Waals surface area contributed by atoms with Crippen LogP contribution in [0.5, 0.6) is 17.2 Å². The molecule has 0 spiro atoms. The molecule has 0 saturated heterocycles. The predicted octanol–water partition coefficient (Wildman–Crippen LogP) is 6.60. The number of hydrogen-bond acceptors (Lipinski definition) is 6. The van der Waals surface area contributed by atoms with Gasteiger partial charge in [-0.25, -0.2) is 4.79 Å². The minimum Gasteiger partial charge on any atom is -0.497 e. The van der Waals surface area contributed by atoms with Gasteiger partial charge in [-0.15, -0.1) is 0 Å².